The second kappa shape index (κ2) is 5.03. The van der Waals surface area contributed by atoms with Crippen LogP contribution in [0.2, 0.25) is 0 Å². The van der Waals surface area contributed by atoms with E-state index in [1.165, 1.54) is 6.92 Å². The summed E-state index contributed by atoms with van der Waals surface area (Å²) < 4.78 is 14.1. The summed E-state index contributed by atoms with van der Waals surface area (Å²) in [5.74, 6) is -0.705. The van der Waals surface area contributed by atoms with Gasteiger partial charge in [-0.1, -0.05) is 12.1 Å². The van der Waals surface area contributed by atoms with Gasteiger partial charge in [-0.25, -0.2) is 9.37 Å². The molecular formula is C15H10FN3O3. The minimum absolute atomic E-state index is 0.0256. The zero-order valence-corrected chi connectivity index (χ0v) is 11.5. The van der Waals surface area contributed by atoms with Crippen molar-refractivity contribution in [1.29, 1.82) is 0 Å². The smallest absolute Gasteiger partial charge is 0.273 e. The maximum absolute atomic E-state index is 14.1. The molecule has 1 aromatic heterocycles. The largest absolute Gasteiger partial charge is 0.306 e. The Kier molecular flexibility index (Phi) is 3.17. The molecule has 0 aliphatic heterocycles. The first-order valence-corrected chi connectivity index (χ1v) is 6.42. The molecule has 110 valence electrons. The van der Waals surface area contributed by atoms with E-state index in [1.807, 2.05) is 0 Å². The molecule has 0 saturated heterocycles. The maximum atomic E-state index is 14.1. The fourth-order valence-electron chi connectivity index (χ4n) is 2.36. The van der Waals surface area contributed by atoms with Crippen molar-refractivity contribution in [3.8, 4) is 11.4 Å². The molecule has 3 aromatic rings. The Morgan fingerprint density at radius 2 is 1.95 bits per heavy atom. The van der Waals surface area contributed by atoms with Gasteiger partial charge in [0.25, 0.3) is 11.2 Å². The van der Waals surface area contributed by atoms with Crippen LogP contribution in [0.15, 0.2) is 41.2 Å². The van der Waals surface area contributed by atoms with Crippen molar-refractivity contribution in [2.24, 2.45) is 0 Å². The summed E-state index contributed by atoms with van der Waals surface area (Å²) >= 11 is 0. The van der Waals surface area contributed by atoms with E-state index in [9.17, 15) is 19.3 Å². The number of nitro benzene ring substituents is 1. The van der Waals surface area contributed by atoms with Crippen LogP contribution in [-0.4, -0.2) is 14.9 Å². The number of nitro groups is 1. The minimum atomic E-state index is -0.679. The van der Waals surface area contributed by atoms with Gasteiger partial charge in [0.1, 0.15) is 11.6 Å². The van der Waals surface area contributed by atoms with Gasteiger partial charge < -0.3 is 4.98 Å². The quantitative estimate of drug-likeness (QED) is 0.582. The molecule has 0 aliphatic rings. The predicted octanol–water partition coefficient (Wildman–Crippen LogP) is 2.95. The van der Waals surface area contributed by atoms with Crippen molar-refractivity contribution in [2.75, 3.05) is 0 Å². The molecule has 0 spiro atoms. The second-order valence-corrected chi connectivity index (χ2v) is 4.76. The third-order valence-electron chi connectivity index (χ3n) is 3.43. The number of fused-ring (bicyclic) bond motifs is 1. The number of nitrogens with zero attached hydrogens (tertiary/aromatic N) is 2. The first kappa shape index (κ1) is 13.9. The van der Waals surface area contributed by atoms with Crippen molar-refractivity contribution in [2.45, 2.75) is 6.92 Å². The lowest BCUT2D eigenvalue weighted by molar-refractivity contribution is -0.385. The number of hydrogen-bond acceptors (Lipinski definition) is 4. The Hall–Kier alpha value is -3.09. The number of aromatic amines is 1. The van der Waals surface area contributed by atoms with Gasteiger partial charge in [-0.3, -0.25) is 14.9 Å². The zero-order chi connectivity index (χ0) is 15.9. The van der Waals surface area contributed by atoms with Crippen LogP contribution in [0.4, 0.5) is 10.1 Å². The van der Waals surface area contributed by atoms with E-state index in [4.69, 9.17) is 0 Å². The average molecular weight is 299 g/mol. The van der Waals surface area contributed by atoms with Crippen molar-refractivity contribution in [1.82, 2.24) is 9.97 Å². The van der Waals surface area contributed by atoms with Gasteiger partial charge in [-0.05, 0) is 25.1 Å². The molecule has 0 fully saturated rings. The number of rotatable bonds is 2. The van der Waals surface area contributed by atoms with E-state index < -0.39 is 16.3 Å². The van der Waals surface area contributed by atoms with Gasteiger partial charge >= 0.3 is 0 Å². The highest BCUT2D eigenvalue weighted by atomic mass is 19.1. The molecule has 6 nitrogen and oxygen atoms in total. The van der Waals surface area contributed by atoms with Gasteiger partial charge in [-0.2, -0.15) is 0 Å². The molecule has 0 saturated carbocycles. The summed E-state index contributed by atoms with van der Waals surface area (Å²) in [6.07, 6.45) is 0. The zero-order valence-electron chi connectivity index (χ0n) is 11.5. The lowest BCUT2D eigenvalue weighted by Crippen LogP contribution is -2.11. The van der Waals surface area contributed by atoms with E-state index in [0.717, 1.165) is 12.1 Å². The monoisotopic (exact) mass is 299 g/mol. The fourth-order valence-corrected chi connectivity index (χ4v) is 2.36. The highest BCUT2D eigenvalue weighted by Gasteiger charge is 2.20. The molecular weight excluding hydrogens is 289 g/mol. The summed E-state index contributed by atoms with van der Waals surface area (Å²) in [5.41, 5.74) is -0.217. The average Bonchev–Trinajstić information content (AvgIpc) is 2.47. The molecule has 1 heterocycles. The summed E-state index contributed by atoms with van der Waals surface area (Å²) in [5, 5.41) is 11.4. The summed E-state index contributed by atoms with van der Waals surface area (Å²) in [6, 6.07) is 8.70. The number of H-pyrrole nitrogens is 1. The van der Waals surface area contributed by atoms with Gasteiger partial charge in [-0.15, -0.1) is 0 Å². The van der Waals surface area contributed by atoms with E-state index in [-0.39, 0.29) is 22.6 Å². The van der Waals surface area contributed by atoms with Crippen LogP contribution in [0.1, 0.15) is 5.56 Å². The van der Waals surface area contributed by atoms with Gasteiger partial charge in [0.15, 0.2) is 0 Å². The van der Waals surface area contributed by atoms with Crippen molar-refractivity contribution in [3.63, 3.8) is 0 Å². The molecule has 0 bridgehead atoms. The first-order chi connectivity index (χ1) is 10.5. The van der Waals surface area contributed by atoms with E-state index >= 15 is 0 Å². The Morgan fingerprint density at radius 1 is 1.23 bits per heavy atom. The SMILES string of the molecule is Cc1c([N+](=O)[O-])ccc(F)c1-c1nc2ccccc2c(=O)[nH]1. The highest BCUT2D eigenvalue weighted by Crippen LogP contribution is 2.30. The van der Waals surface area contributed by atoms with E-state index in [0.29, 0.717) is 10.9 Å². The number of nitrogens with one attached hydrogen (secondary N) is 1. The lowest BCUT2D eigenvalue weighted by Gasteiger charge is -2.08. The van der Waals surface area contributed by atoms with Gasteiger partial charge in [0.05, 0.1) is 21.4 Å². The van der Waals surface area contributed by atoms with Crippen molar-refractivity contribution in [3.05, 3.63) is 68.2 Å². The fraction of sp³-hybridized carbons (Fsp3) is 0.0667. The normalized spacial score (nSPS) is 10.8. The van der Waals surface area contributed by atoms with Crippen LogP contribution >= 0.6 is 0 Å². The van der Waals surface area contributed by atoms with Crippen LogP contribution in [0, 0.1) is 22.9 Å². The van der Waals surface area contributed by atoms with Crippen LogP contribution in [0.3, 0.4) is 0 Å². The van der Waals surface area contributed by atoms with Crippen molar-refractivity contribution >= 4 is 16.6 Å². The maximum Gasteiger partial charge on any atom is 0.273 e. The number of hydrogen-bond donors (Lipinski definition) is 1. The van der Waals surface area contributed by atoms with Gasteiger partial charge in [0.2, 0.25) is 0 Å². The molecule has 22 heavy (non-hydrogen) atoms. The summed E-state index contributed by atoms with van der Waals surface area (Å²) in [4.78, 5) is 29.1. The van der Waals surface area contributed by atoms with Crippen LogP contribution in [-0.2, 0) is 0 Å². The van der Waals surface area contributed by atoms with Crippen LogP contribution in [0.25, 0.3) is 22.3 Å². The van der Waals surface area contributed by atoms with Gasteiger partial charge in [0, 0.05) is 11.6 Å². The lowest BCUT2D eigenvalue weighted by atomic mass is 10.1. The number of halogens is 1. The Labute approximate surface area is 123 Å². The van der Waals surface area contributed by atoms with Crippen molar-refractivity contribution < 1.29 is 9.31 Å². The molecule has 0 aliphatic carbocycles. The van der Waals surface area contributed by atoms with Crippen LogP contribution in [0.5, 0.6) is 0 Å². The summed E-state index contributed by atoms with van der Waals surface area (Å²) in [6.45, 7) is 1.42. The topological polar surface area (TPSA) is 88.9 Å². The molecule has 1 N–H and O–H groups in total. The Morgan fingerprint density at radius 3 is 2.68 bits per heavy atom. The number of para-hydroxylation sites is 1. The van der Waals surface area contributed by atoms with E-state index in [2.05, 4.69) is 9.97 Å². The summed E-state index contributed by atoms with van der Waals surface area (Å²) in [7, 11) is 0. The Bertz CT molecular complexity index is 966. The Balaban J connectivity index is 2.35. The minimum Gasteiger partial charge on any atom is -0.306 e. The molecule has 0 atom stereocenters. The molecule has 2 aromatic carbocycles. The molecule has 7 heteroatoms. The highest BCUT2D eigenvalue weighted by molar-refractivity contribution is 5.80. The predicted molar refractivity (Wildman–Crippen MR) is 79.1 cm³/mol. The molecule has 3 rings (SSSR count). The third-order valence-corrected chi connectivity index (χ3v) is 3.43. The second-order valence-electron chi connectivity index (χ2n) is 4.76. The number of benzene rings is 2. The third kappa shape index (κ3) is 2.12. The molecule has 0 amide bonds. The molecule has 0 unspecified atom stereocenters. The molecule has 0 radical (unpaired) electrons. The van der Waals surface area contributed by atoms with E-state index in [1.54, 1.807) is 24.3 Å². The number of aromatic nitrogens is 2. The van der Waals surface area contributed by atoms with Crippen LogP contribution < -0.4 is 5.56 Å². The standard InChI is InChI=1S/C15H10FN3O3/c1-8-12(19(21)22)7-6-10(16)13(8)14-17-11-5-3-2-4-9(11)15(20)18-14/h2-7H,1H3,(H,17,18,20). The first-order valence-electron chi connectivity index (χ1n) is 6.42.